The van der Waals surface area contributed by atoms with Gasteiger partial charge in [0.05, 0.1) is 0 Å². The number of carbonyl (C=O) groups is 2. The van der Waals surface area contributed by atoms with Crippen molar-refractivity contribution in [2.45, 2.75) is 26.2 Å². The fourth-order valence-corrected chi connectivity index (χ4v) is 2.46. The number of hydrogen-bond acceptors (Lipinski definition) is 2. The number of nitrogens with one attached hydrogen (secondary N) is 1. The third kappa shape index (κ3) is 5.29. The van der Waals surface area contributed by atoms with Crippen molar-refractivity contribution in [2.24, 2.45) is 0 Å². The van der Waals surface area contributed by atoms with E-state index in [4.69, 9.17) is 0 Å². The van der Waals surface area contributed by atoms with Crippen LogP contribution in [0.25, 0.3) is 6.08 Å². The van der Waals surface area contributed by atoms with Crippen LogP contribution in [0.3, 0.4) is 0 Å². The molecular weight excluding hydrogens is 382 g/mol. The molecule has 0 aliphatic heterocycles. The van der Waals surface area contributed by atoms with E-state index >= 15 is 0 Å². The molecule has 0 aliphatic carbocycles. The van der Waals surface area contributed by atoms with Gasteiger partial charge in [-0.15, -0.1) is 0 Å². The molecule has 1 amide bonds. The summed E-state index contributed by atoms with van der Waals surface area (Å²) >= 11 is 3.32. The van der Waals surface area contributed by atoms with Gasteiger partial charge in [-0.05, 0) is 46.9 Å². The minimum atomic E-state index is -1.19. The van der Waals surface area contributed by atoms with Crippen molar-refractivity contribution in [1.29, 1.82) is 0 Å². The van der Waals surface area contributed by atoms with Crippen LogP contribution in [0, 0.1) is 0 Å². The summed E-state index contributed by atoms with van der Waals surface area (Å²) in [6, 6.07) is 14.3. The van der Waals surface area contributed by atoms with E-state index in [-0.39, 0.29) is 11.1 Å². The number of carboxylic acid groups (broad SMARTS) is 1. The maximum atomic E-state index is 12.3. The van der Waals surface area contributed by atoms with Gasteiger partial charge in [0.2, 0.25) is 0 Å². The van der Waals surface area contributed by atoms with E-state index in [1.807, 2.05) is 12.1 Å². The van der Waals surface area contributed by atoms with Crippen LogP contribution in [-0.2, 0) is 10.2 Å². The zero-order chi connectivity index (χ0) is 18.6. The number of amides is 1. The lowest BCUT2D eigenvalue weighted by Gasteiger charge is -2.19. The summed E-state index contributed by atoms with van der Waals surface area (Å²) in [5.74, 6) is -1.64. The highest BCUT2D eigenvalue weighted by Crippen LogP contribution is 2.22. The average molecular weight is 402 g/mol. The number of hydrogen-bond donors (Lipinski definition) is 2. The Balaban J connectivity index is 2.20. The zero-order valence-electron chi connectivity index (χ0n) is 14.3. The van der Waals surface area contributed by atoms with E-state index < -0.39 is 11.9 Å². The van der Waals surface area contributed by atoms with Gasteiger partial charge in [0, 0.05) is 10.0 Å². The average Bonchev–Trinajstić information content (AvgIpc) is 2.55. The molecule has 0 radical (unpaired) electrons. The Morgan fingerprint density at radius 3 is 2.04 bits per heavy atom. The highest BCUT2D eigenvalue weighted by Gasteiger charge is 2.16. The normalized spacial score (nSPS) is 11.9. The van der Waals surface area contributed by atoms with Gasteiger partial charge < -0.3 is 10.4 Å². The minimum Gasteiger partial charge on any atom is -0.477 e. The fraction of sp³-hybridized carbons (Fsp3) is 0.200. The lowest BCUT2D eigenvalue weighted by Crippen LogP contribution is -2.27. The summed E-state index contributed by atoms with van der Waals surface area (Å²) in [6.07, 6.45) is 1.43. The summed E-state index contributed by atoms with van der Waals surface area (Å²) in [6.45, 7) is 6.27. The third-order valence-electron chi connectivity index (χ3n) is 3.67. The number of carbonyl (C=O) groups excluding carboxylic acids is 1. The molecule has 0 saturated heterocycles. The van der Waals surface area contributed by atoms with Crippen LogP contribution in [0.4, 0.5) is 0 Å². The minimum absolute atomic E-state index is 0.0112. The Bertz CT molecular complexity index is 800. The Labute approximate surface area is 155 Å². The van der Waals surface area contributed by atoms with E-state index in [0.717, 1.165) is 10.0 Å². The van der Waals surface area contributed by atoms with Crippen LogP contribution >= 0.6 is 15.9 Å². The lowest BCUT2D eigenvalue weighted by molar-refractivity contribution is -0.132. The van der Waals surface area contributed by atoms with E-state index in [2.05, 4.69) is 42.0 Å². The molecule has 2 N–H and O–H groups in total. The molecule has 0 unspecified atom stereocenters. The molecule has 5 heteroatoms. The predicted octanol–water partition coefficient (Wildman–Crippen LogP) is 4.60. The highest BCUT2D eigenvalue weighted by atomic mass is 79.9. The molecule has 0 heterocycles. The molecule has 2 rings (SSSR count). The predicted molar refractivity (Wildman–Crippen MR) is 102 cm³/mol. The van der Waals surface area contributed by atoms with Gasteiger partial charge in [0.1, 0.15) is 5.70 Å². The van der Waals surface area contributed by atoms with Gasteiger partial charge in [-0.25, -0.2) is 4.79 Å². The van der Waals surface area contributed by atoms with Crippen LogP contribution in [0.2, 0.25) is 0 Å². The second-order valence-electron chi connectivity index (χ2n) is 6.70. The first-order chi connectivity index (χ1) is 11.7. The summed E-state index contributed by atoms with van der Waals surface area (Å²) in [5.41, 5.74) is 2.02. The Hall–Kier alpha value is -2.40. The van der Waals surface area contributed by atoms with E-state index in [1.54, 1.807) is 36.4 Å². The van der Waals surface area contributed by atoms with E-state index in [9.17, 15) is 14.7 Å². The zero-order valence-corrected chi connectivity index (χ0v) is 15.9. The molecule has 0 aromatic heterocycles. The lowest BCUT2D eigenvalue weighted by atomic mass is 9.87. The maximum absolute atomic E-state index is 12.3. The number of aliphatic carboxylic acids is 1. The van der Waals surface area contributed by atoms with Gasteiger partial charge in [0.25, 0.3) is 5.91 Å². The summed E-state index contributed by atoms with van der Waals surface area (Å²) in [5, 5.41) is 11.8. The molecule has 0 aliphatic rings. The van der Waals surface area contributed by atoms with Crippen molar-refractivity contribution in [2.75, 3.05) is 0 Å². The van der Waals surface area contributed by atoms with Crippen molar-refractivity contribution in [3.63, 3.8) is 0 Å². The number of rotatable bonds is 4. The third-order valence-corrected chi connectivity index (χ3v) is 4.20. The molecule has 130 valence electrons. The highest BCUT2D eigenvalue weighted by molar-refractivity contribution is 9.10. The molecule has 0 spiro atoms. The first-order valence-electron chi connectivity index (χ1n) is 7.79. The van der Waals surface area contributed by atoms with Crippen molar-refractivity contribution in [3.8, 4) is 0 Å². The van der Waals surface area contributed by atoms with E-state index in [1.165, 1.54) is 6.08 Å². The number of benzene rings is 2. The number of carboxylic acids is 1. The van der Waals surface area contributed by atoms with Crippen LogP contribution in [0.5, 0.6) is 0 Å². The van der Waals surface area contributed by atoms with Crippen molar-refractivity contribution in [3.05, 3.63) is 75.4 Å². The molecule has 4 nitrogen and oxygen atoms in total. The molecule has 0 fully saturated rings. The first kappa shape index (κ1) is 18.9. The Kier molecular flexibility index (Phi) is 5.80. The SMILES string of the molecule is CC(C)(C)c1ccc(C(=O)N/C(=C/c2ccc(Br)cc2)C(=O)O)cc1. The number of halogens is 1. The smallest absolute Gasteiger partial charge is 0.352 e. The Morgan fingerprint density at radius 2 is 1.56 bits per heavy atom. The van der Waals surface area contributed by atoms with Crippen LogP contribution < -0.4 is 5.32 Å². The van der Waals surface area contributed by atoms with Crippen molar-refractivity contribution < 1.29 is 14.7 Å². The maximum Gasteiger partial charge on any atom is 0.352 e. The molecule has 0 bridgehead atoms. The molecule has 2 aromatic carbocycles. The van der Waals surface area contributed by atoms with Crippen molar-refractivity contribution in [1.82, 2.24) is 5.32 Å². The summed E-state index contributed by atoms with van der Waals surface area (Å²) in [4.78, 5) is 23.8. The largest absolute Gasteiger partial charge is 0.477 e. The fourth-order valence-electron chi connectivity index (χ4n) is 2.19. The van der Waals surface area contributed by atoms with Crippen LogP contribution in [-0.4, -0.2) is 17.0 Å². The van der Waals surface area contributed by atoms with Crippen molar-refractivity contribution >= 4 is 33.9 Å². The molecule has 25 heavy (non-hydrogen) atoms. The van der Waals surface area contributed by atoms with Gasteiger partial charge >= 0.3 is 5.97 Å². The van der Waals surface area contributed by atoms with Gasteiger partial charge in [0.15, 0.2) is 0 Å². The molecule has 0 saturated carbocycles. The first-order valence-corrected chi connectivity index (χ1v) is 8.58. The van der Waals surface area contributed by atoms with Gasteiger partial charge in [-0.1, -0.05) is 61.0 Å². The van der Waals surface area contributed by atoms with E-state index in [0.29, 0.717) is 11.1 Å². The second-order valence-corrected chi connectivity index (χ2v) is 7.61. The summed E-state index contributed by atoms with van der Waals surface area (Å²) < 4.78 is 0.893. The Morgan fingerprint density at radius 1 is 1.00 bits per heavy atom. The monoisotopic (exact) mass is 401 g/mol. The topological polar surface area (TPSA) is 66.4 Å². The standard InChI is InChI=1S/C20H20BrNO3/c1-20(2,3)15-8-6-14(7-9-15)18(23)22-17(19(24)25)12-13-4-10-16(21)11-5-13/h4-12H,1-3H3,(H,22,23)(H,24,25)/b17-12+. The molecular formula is C20H20BrNO3. The quantitative estimate of drug-likeness (QED) is 0.735. The van der Waals surface area contributed by atoms with Gasteiger partial charge in [-0.3, -0.25) is 4.79 Å². The van der Waals surface area contributed by atoms with Gasteiger partial charge in [-0.2, -0.15) is 0 Å². The summed E-state index contributed by atoms with van der Waals surface area (Å²) in [7, 11) is 0. The second kappa shape index (κ2) is 7.66. The molecule has 2 aromatic rings. The van der Waals surface area contributed by atoms with Crippen LogP contribution in [0.1, 0.15) is 42.3 Å². The molecule has 0 atom stereocenters. The van der Waals surface area contributed by atoms with Crippen LogP contribution in [0.15, 0.2) is 58.7 Å².